The molecule has 0 unspecified atom stereocenters. The quantitative estimate of drug-likeness (QED) is 0.779. The first-order valence-electron chi connectivity index (χ1n) is 4.89. The predicted octanol–water partition coefficient (Wildman–Crippen LogP) is 1.77. The number of hydrogen-bond donors (Lipinski definition) is 1. The van der Waals surface area contributed by atoms with Crippen molar-refractivity contribution in [1.82, 2.24) is 4.98 Å². The van der Waals surface area contributed by atoms with Crippen molar-refractivity contribution >= 4 is 21.7 Å². The van der Waals surface area contributed by atoms with Crippen LogP contribution in [0, 0.1) is 0 Å². The van der Waals surface area contributed by atoms with Crippen LogP contribution < -0.4 is 10.6 Å². The predicted molar refractivity (Wildman–Crippen MR) is 61.4 cm³/mol. The Hall–Kier alpha value is -0.610. The van der Waals surface area contributed by atoms with Crippen molar-refractivity contribution in [3.63, 3.8) is 0 Å². The van der Waals surface area contributed by atoms with E-state index in [1.165, 1.54) is 0 Å². The standard InChI is InChI=1S/C10H14BrN3/c11-9-2-1-3-10(13-9)14-6-4-8(12)5-7-14/h1-3,8H,4-7,12H2. The van der Waals surface area contributed by atoms with Gasteiger partial charge in [0.1, 0.15) is 10.4 Å². The molecule has 76 valence electrons. The molecule has 1 aromatic rings. The second kappa shape index (κ2) is 4.28. The third-order valence-corrected chi connectivity index (χ3v) is 3.01. The Morgan fingerprint density at radius 2 is 2.07 bits per heavy atom. The highest BCUT2D eigenvalue weighted by Crippen LogP contribution is 2.18. The summed E-state index contributed by atoms with van der Waals surface area (Å²) in [4.78, 5) is 6.71. The van der Waals surface area contributed by atoms with Crippen molar-refractivity contribution in [3.8, 4) is 0 Å². The Bertz CT molecular complexity index is 308. The van der Waals surface area contributed by atoms with E-state index >= 15 is 0 Å². The smallest absolute Gasteiger partial charge is 0.129 e. The number of pyridine rings is 1. The lowest BCUT2D eigenvalue weighted by molar-refractivity contribution is 0.498. The maximum Gasteiger partial charge on any atom is 0.129 e. The van der Waals surface area contributed by atoms with Gasteiger partial charge in [0.15, 0.2) is 0 Å². The summed E-state index contributed by atoms with van der Waals surface area (Å²) in [5, 5.41) is 0. The normalized spacial score (nSPS) is 18.6. The van der Waals surface area contributed by atoms with Gasteiger partial charge in [0, 0.05) is 19.1 Å². The Labute approximate surface area is 92.4 Å². The van der Waals surface area contributed by atoms with Crippen LogP contribution in [0.2, 0.25) is 0 Å². The van der Waals surface area contributed by atoms with Gasteiger partial charge in [-0.25, -0.2) is 4.98 Å². The van der Waals surface area contributed by atoms with Gasteiger partial charge in [-0.1, -0.05) is 6.07 Å². The Kier molecular flexibility index (Phi) is 3.03. The molecule has 0 bridgehead atoms. The first kappa shape index (κ1) is 9.93. The minimum atomic E-state index is 0.374. The summed E-state index contributed by atoms with van der Waals surface area (Å²) in [5.41, 5.74) is 5.85. The van der Waals surface area contributed by atoms with Gasteiger partial charge >= 0.3 is 0 Å². The van der Waals surface area contributed by atoms with Crippen LogP contribution in [0.25, 0.3) is 0 Å². The third kappa shape index (κ3) is 2.25. The second-order valence-corrected chi connectivity index (χ2v) is 4.46. The lowest BCUT2D eigenvalue weighted by atomic mass is 10.1. The van der Waals surface area contributed by atoms with E-state index in [9.17, 15) is 0 Å². The van der Waals surface area contributed by atoms with Gasteiger partial charge in [-0.15, -0.1) is 0 Å². The lowest BCUT2D eigenvalue weighted by Gasteiger charge is -2.31. The summed E-state index contributed by atoms with van der Waals surface area (Å²) in [5.74, 6) is 1.05. The van der Waals surface area contributed by atoms with E-state index in [1.807, 2.05) is 18.2 Å². The van der Waals surface area contributed by atoms with Crippen molar-refractivity contribution in [3.05, 3.63) is 22.8 Å². The third-order valence-electron chi connectivity index (χ3n) is 2.56. The number of hydrogen-bond acceptors (Lipinski definition) is 3. The fraction of sp³-hybridized carbons (Fsp3) is 0.500. The van der Waals surface area contributed by atoms with Gasteiger partial charge in [-0.05, 0) is 40.9 Å². The highest BCUT2D eigenvalue weighted by Gasteiger charge is 2.16. The zero-order valence-corrected chi connectivity index (χ0v) is 9.57. The molecule has 0 spiro atoms. The molecule has 0 radical (unpaired) electrons. The average molecular weight is 256 g/mol. The fourth-order valence-corrected chi connectivity index (χ4v) is 2.04. The van der Waals surface area contributed by atoms with Gasteiger partial charge < -0.3 is 10.6 Å². The van der Waals surface area contributed by atoms with Crippen LogP contribution in [0.4, 0.5) is 5.82 Å². The van der Waals surface area contributed by atoms with Crippen LogP contribution in [-0.2, 0) is 0 Å². The summed E-state index contributed by atoms with van der Waals surface area (Å²) in [6.45, 7) is 2.04. The van der Waals surface area contributed by atoms with Crippen LogP contribution in [0.3, 0.4) is 0 Å². The molecule has 0 aliphatic carbocycles. The maximum atomic E-state index is 5.85. The number of aromatic nitrogens is 1. The van der Waals surface area contributed by atoms with E-state index in [-0.39, 0.29) is 0 Å². The largest absolute Gasteiger partial charge is 0.356 e. The molecule has 1 aliphatic rings. The molecule has 1 saturated heterocycles. The first-order valence-corrected chi connectivity index (χ1v) is 5.68. The molecular formula is C10H14BrN3. The van der Waals surface area contributed by atoms with Crippen LogP contribution in [0.15, 0.2) is 22.8 Å². The molecule has 4 heteroatoms. The minimum Gasteiger partial charge on any atom is -0.356 e. The first-order chi connectivity index (χ1) is 6.75. The van der Waals surface area contributed by atoms with Crippen molar-refractivity contribution in [2.75, 3.05) is 18.0 Å². The zero-order chi connectivity index (χ0) is 9.97. The van der Waals surface area contributed by atoms with Crippen molar-refractivity contribution < 1.29 is 0 Å². The number of anilines is 1. The molecule has 1 aromatic heterocycles. The lowest BCUT2D eigenvalue weighted by Crippen LogP contribution is -2.40. The molecule has 2 N–H and O–H groups in total. The Balaban J connectivity index is 2.08. The summed E-state index contributed by atoms with van der Waals surface area (Å²) in [6, 6.07) is 6.38. The van der Waals surface area contributed by atoms with Crippen LogP contribution in [-0.4, -0.2) is 24.1 Å². The van der Waals surface area contributed by atoms with E-state index in [2.05, 4.69) is 25.8 Å². The summed E-state index contributed by atoms with van der Waals surface area (Å²) >= 11 is 3.38. The van der Waals surface area contributed by atoms with Crippen LogP contribution in [0.1, 0.15) is 12.8 Å². The van der Waals surface area contributed by atoms with E-state index < -0.39 is 0 Å². The molecular weight excluding hydrogens is 242 g/mol. The SMILES string of the molecule is NC1CCN(c2cccc(Br)n2)CC1. The Morgan fingerprint density at radius 1 is 1.36 bits per heavy atom. The zero-order valence-electron chi connectivity index (χ0n) is 7.99. The summed E-state index contributed by atoms with van der Waals surface area (Å²) in [6.07, 6.45) is 2.13. The Morgan fingerprint density at radius 3 is 2.71 bits per heavy atom. The van der Waals surface area contributed by atoms with Crippen molar-refractivity contribution in [2.24, 2.45) is 5.73 Å². The van der Waals surface area contributed by atoms with E-state index in [0.29, 0.717) is 6.04 Å². The molecule has 0 aromatic carbocycles. The average Bonchev–Trinajstić information content (AvgIpc) is 2.19. The number of rotatable bonds is 1. The van der Waals surface area contributed by atoms with E-state index in [4.69, 9.17) is 5.73 Å². The fourth-order valence-electron chi connectivity index (χ4n) is 1.70. The minimum absolute atomic E-state index is 0.374. The van der Waals surface area contributed by atoms with Crippen LogP contribution in [0.5, 0.6) is 0 Å². The number of piperidine rings is 1. The van der Waals surface area contributed by atoms with Crippen molar-refractivity contribution in [1.29, 1.82) is 0 Å². The maximum absolute atomic E-state index is 5.85. The highest BCUT2D eigenvalue weighted by molar-refractivity contribution is 9.10. The van der Waals surface area contributed by atoms with Gasteiger partial charge in [0.25, 0.3) is 0 Å². The second-order valence-electron chi connectivity index (χ2n) is 3.64. The number of halogens is 1. The molecule has 1 fully saturated rings. The molecule has 14 heavy (non-hydrogen) atoms. The van der Waals surface area contributed by atoms with Gasteiger partial charge in [0.2, 0.25) is 0 Å². The highest BCUT2D eigenvalue weighted by atomic mass is 79.9. The van der Waals surface area contributed by atoms with E-state index in [1.54, 1.807) is 0 Å². The van der Waals surface area contributed by atoms with Gasteiger partial charge in [-0.3, -0.25) is 0 Å². The molecule has 0 amide bonds. The van der Waals surface area contributed by atoms with Gasteiger partial charge in [-0.2, -0.15) is 0 Å². The van der Waals surface area contributed by atoms with Crippen molar-refractivity contribution in [2.45, 2.75) is 18.9 Å². The molecule has 1 aliphatic heterocycles. The molecule has 2 rings (SSSR count). The topological polar surface area (TPSA) is 42.1 Å². The molecule has 0 atom stereocenters. The molecule has 0 saturated carbocycles. The van der Waals surface area contributed by atoms with Gasteiger partial charge in [0.05, 0.1) is 0 Å². The molecule has 3 nitrogen and oxygen atoms in total. The van der Waals surface area contributed by atoms with Crippen LogP contribution >= 0.6 is 15.9 Å². The van der Waals surface area contributed by atoms with E-state index in [0.717, 1.165) is 36.4 Å². The summed E-state index contributed by atoms with van der Waals surface area (Å²) < 4.78 is 0.893. The molecule has 2 heterocycles. The number of nitrogens with zero attached hydrogens (tertiary/aromatic N) is 2. The monoisotopic (exact) mass is 255 g/mol. The number of nitrogens with two attached hydrogens (primary N) is 1. The summed E-state index contributed by atoms with van der Waals surface area (Å²) in [7, 11) is 0.